The molecule has 9 heteroatoms. The van der Waals surface area contributed by atoms with Gasteiger partial charge in [0, 0.05) is 43.1 Å². The largest absolute Gasteiger partial charge is 0.381 e. The lowest BCUT2D eigenvalue weighted by atomic mass is 9.95. The van der Waals surface area contributed by atoms with Crippen molar-refractivity contribution >= 4 is 34.0 Å². The maximum Gasteiger partial charge on any atom is 0.247 e. The average Bonchev–Trinajstić information content (AvgIpc) is 3.41. The summed E-state index contributed by atoms with van der Waals surface area (Å²) in [6.45, 7) is 3.82. The second-order valence-corrected chi connectivity index (χ2v) is 9.48. The Hall–Kier alpha value is -3.17. The molecule has 4 aromatic rings. The van der Waals surface area contributed by atoms with E-state index in [2.05, 4.69) is 46.3 Å². The summed E-state index contributed by atoms with van der Waals surface area (Å²) >= 11 is 0. The van der Waals surface area contributed by atoms with Gasteiger partial charge in [0.1, 0.15) is 0 Å². The minimum atomic E-state index is 0.467. The van der Waals surface area contributed by atoms with Crippen LogP contribution in [0.25, 0.3) is 16.6 Å². The van der Waals surface area contributed by atoms with Crippen LogP contribution in [0.5, 0.6) is 0 Å². The molecule has 0 bridgehead atoms. The summed E-state index contributed by atoms with van der Waals surface area (Å²) < 4.78 is 9.43. The predicted molar refractivity (Wildman–Crippen MR) is 134 cm³/mol. The second-order valence-electron chi connectivity index (χ2n) is 9.48. The lowest BCUT2D eigenvalue weighted by molar-refractivity contribution is 0.0661. The normalized spacial score (nSPS) is 18.0. The molecule has 2 fully saturated rings. The predicted octanol–water partition coefficient (Wildman–Crippen LogP) is 3.49. The van der Waals surface area contributed by atoms with Crippen molar-refractivity contribution in [3.05, 3.63) is 42.1 Å². The molecule has 6 rings (SSSR count). The van der Waals surface area contributed by atoms with Gasteiger partial charge in [-0.15, -0.1) is 5.10 Å². The number of anilines is 3. The first kappa shape index (κ1) is 21.4. The van der Waals surface area contributed by atoms with Crippen molar-refractivity contribution in [2.45, 2.75) is 38.1 Å². The summed E-state index contributed by atoms with van der Waals surface area (Å²) in [7, 11) is 1.99. The van der Waals surface area contributed by atoms with Crippen LogP contribution in [0.4, 0.5) is 17.5 Å². The number of pyridine rings is 1. The summed E-state index contributed by atoms with van der Waals surface area (Å²) in [5.41, 5.74) is 4.08. The molecule has 0 spiro atoms. The SMILES string of the molecule is Cn1nc(NC2CCNCC2)c2ccc(Nc3nc4cccc(CC5CCOCC5)n4n3)cc21. The van der Waals surface area contributed by atoms with E-state index in [1.165, 1.54) is 5.69 Å². The first-order valence-corrected chi connectivity index (χ1v) is 12.4. The maximum atomic E-state index is 5.52. The summed E-state index contributed by atoms with van der Waals surface area (Å²) in [6, 6.07) is 13.0. The molecule has 2 aliphatic heterocycles. The molecule has 3 aromatic heterocycles. The summed E-state index contributed by atoms with van der Waals surface area (Å²) in [5, 5.41) is 21.1. The first-order chi connectivity index (χ1) is 16.7. The Morgan fingerprint density at radius 3 is 2.76 bits per heavy atom. The number of fused-ring (bicyclic) bond motifs is 2. The molecule has 3 N–H and O–H groups in total. The number of aromatic nitrogens is 5. The number of piperidine rings is 1. The highest BCUT2D eigenvalue weighted by molar-refractivity contribution is 5.92. The monoisotopic (exact) mass is 460 g/mol. The Morgan fingerprint density at radius 2 is 1.91 bits per heavy atom. The Balaban J connectivity index is 1.22. The maximum absolute atomic E-state index is 5.52. The lowest BCUT2D eigenvalue weighted by Gasteiger charge is -2.23. The van der Waals surface area contributed by atoms with Crippen LogP contribution in [0.2, 0.25) is 0 Å². The van der Waals surface area contributed by atoms with E-state index in [9.17, 15) is 0 Å². The van der Waals surface area contributed by atoms with Gasteiger partial charge in [0.15, 0.2) is 11.5 Å². The van der Waals surface area contributed by atoms with E-state index in [1.807, 2.05) is 22.3 Å². The highest BCUT2D eigenvalue weighted by atomic mass is 16.5. The zero-order valence-electron chi connectivity index (χ0n) is 19.6. The van der Waals surface area contributed by atoms with Crippen LogP contribution in [0.15, 0.2) is 36.4 Å². The minimum Gasteiger partial charge on any atom is -0.381 e. The number of rotatable bonds is 6. The molecule has 1 aromatic carbocycles. The van der Waals surface area contributed by atoms with Crippen LogP contribution in [-0.4, -0.2) is 56.7 Å². The molecule has 0 atom stereocenters. The first-order valence-electron chi connectivity index (χ1n) is 12.4. The Labute approximate surface area is 198 Å². The molecular weight excluding hydrogens is 428 g/mol. The molecular formula is C25H32N8O. The smallest absolute Gasteiger partial charge is 0.247 e. The van der Waals surface area contributed by atoms with Crippen LogP contribution in [0, 0.1) is 5.92 Å². The fourth-order valence-electron chi connectivity index (χ4n) is 5.14. The van der Waals surface area contributed by atoms with Crippen molar-refractivity contribution in [2.24, 2.45) is 13.0 Å². The topological polar surface area (TPSA) is 93.3 Å². The van der Waals surface area contributed by atoms with E-state index >= 15 is 0 Å². The van der Waals surface area contributed by atoms with Gasteiger partial charge >= 0.3 is 0 Å². The number of nitrogens with one attached hydrogen (secondary N) is 3. The standard InChI is InChI=1S/C25H32N8O/c1-32-22-16-19(5-6-21(22)24(30-32)27-18-7-11-26-12-8-18)28-25-29-23-4-2-3-20(33(23)31-25)15-17-9-13-34-14-10-17/h2-6,16-18,26H,7-15H2,1H3,(H,27,30)(H,28,31). The Kier molecular flexibility index (Phi) is 5.80. The molecule has 178 valence electrons. The van der Waals surface area contributed by atoms with Gasteiger partial charge in [-0.1, -0.05) is 6.07 Å². The van der Waals surface area contributed by atoms with Crippen molar-refractivity contribution in [2.75, 3.05) is 36.9 Å². The Morgan fingerprint density at radius 1 is 1.06 bits per heavy atom. The molecule has 0 saturated carbocycles. The number of benzene rings is 1. The third-order valence-corrected chi connectivity index (χ3v) is 7.06. The Bertz CT molecular complexity index is 1280. The van der Waals surface area contributed by atoms with Gasteiger partial charge in [-0.25, -0.2) is 4.52 Å². The molecule has 0 amide bonds. The van der Waals surface area contributed by atoms with Crippen LogP contribution >= 0.6 is 0 Å². The molecule has 34 heavy (non-hydrogen) atoms. The molecule has 2 saturated heterocycles. The second kappa shape index (κ2) is 9.23. The van der Waals surface area contributed by atoms with Gasteiger partial charge in [0.25, 0.3) is 0 Å². The van der Waals surface area contributed by atoms with Gasteiger partial charge < -0.3 is 20.7 Å². The summed E-state index contributed by atoms with van der Waals surface area (Å²) in [5.74, 6) is 2.20. The van der Waals surface area contributed by atoms with E-state index in [4.69, 9.17) is 19.9 Å². The zero-order chi connectivity index (χ0) is 22.9. The van der Waals surface area contributed by atoms with E-state index < -0.39 is 0 Å². The fraction of sp³-hybridized carbons (Fsp3) is 0.480. The number of hydrogen-bond donors (Lipinski definition) is 3. The van der Waals surface area contributed by atoms with E-state index in [1.54, 1.807) is 0 Å². The number of aryl methyl sites for hydroxylation is 1. The van der Waals surface area contributed by atoms with Gasteiger partial charge in [0.05, 0.1) is 5.52 Å². The number of nitrogens with zero attached hydrogens (tertiary/aromatic N) is 5. The van der Waals surface area contributed by atoms with Gasteiger partial charge in [-0.05, 0) is 81.4 Å². The summed E-state index contributed by atoms with van der Waals surface area (Å²) in [6.07, 6.45) is 5.45. The molecule has 0 radical (unpaired) electrons. The molecule has 0 unspecified atom stereocenters. The zero-order valence-corrected chi connectivity index (χ0v) is 19.6. The van der Waals surface area contributed by atoms with E-state index in [0.717, 1.165) is 86.5 Å². The van der Waals surface area contributed by atoms with Crippen molar-refractivity contribution in [3.63, 3.8) is 0 Å². The summed E-state index contributed by atoms with van der Waals surface area (Å²) in [4.78, 5) is 4.72. The van der Waals surface area contributed by atoms with Crippen molar-refractivity contribution < 1.29 is 4.74 Å². The highest BCUT2D eigenvalue weighted by Crippen LogP contribution is 2.28. The third-order valence-electron chi connectivity index (χ3n) is 7.06. The van der Waals surface area contributed by atoms with Crippen LogP contribution in [-0.2, 0) is 18.2 Å². The highest BCUT2D eigenvalue weighted by Gasteiger charge is 2.18. The fourth-order valence-corrected chi connectivity index (χ4v) is 5.14. The van der Waals surface area contributed by atoms with Gasteiger partial charge in [-0.3, -0.25) is 4.68 Å². The van der Waals surface area contributed by atoms with E-state index in [-0.39, 0.29) is 0 Å². The molecule has 2 aliphatic rings. The quantitative estimate of drug-likeness (QED) is 0.406. The van der Waals surface area contributed by atoms with E-state index in [0.29, 0.717) is 17.9 Å². The number of hydrogen-bond acceptors (Lipinski definition) is 7. The van der Waals surface area contributed by atoms with Crippen molar-refractivity contribution in [1.82, 2.24) is 29.7 Å². The molecule has 5 heterocycles. The molecule has 0 aliphatic carbocycles. The van der Waals surface area contributed by atoms with Crippen LogP contribution in [0.1, 0.15) is 31.4 Å². The van der Waals surface area contributed by atoms with Crippen LogP contribution in [0.3, 0.4) is 0 Å². The average molecular weight is 461 g/mol. The van der Waals surface area contributed by atoms with Crippen LogP contribution < -0.4 is 16.0 Å². The van der Waals surface area contributed by atoms with Crippen molar-refractivity contribution in [3.8, 4) is 0 Å². The lowest BCUT2D eigenvalue weighted by Crippen LogP contribution is -2.35. The minimum absolute atomic E-state index is 0.467. The third kappa shape index (κ3) is 4.33. The van der Waals surface area contributed by atoms with Gasteiger partial charge in [-0.2, -0.15) is 10.1 Å². The molecule has 9 nitrogen and oxygen atoms in total. The van der Waals surface area contributed by atoms with Crippen molar-refractivity contribution in [1.29, 1.82) is 0 Å². The number of ether oxygens (including phenoxy) is 1. The van der Waals surface area contributed by atoms with Gasteiger partial charge in [0.2, 0.25) is 5.95 Å².